The molecule has 1 heterocycles. The monoisotopic (exact) mass is 319 g/mol. The Morgan fingerprint density at radius 2 is 2.30 bits per heavy atom. The molecule has 2 N–H and O–H groups in total. The molecule has 1 aromatic heterocycles. The molecular weight excluding hydrogens is 290 g/mol. The van der Waals surface area contributed by atoms with E-state index in [1.54, 1.807) is 6.26 Å². The highest BCUT2D eigenvalue weighted by molar-refractivity contribution is 5.80. The second-order valence-electron chi connectivity index (χ2n) is 6.55. The summed E-state index contributed by atoms with van der Waals surface area (Å²) in [4.78, 5) is 4.70. The van der Waals surface area contributed by atoms with E-state index < -0.39 is 0 Å². The van der Waals surface area contributed by atoms with Gasteiger partial charge in [0.2, 0.25) is 0 Å². The zero-order valence-corrected chi connectivity index (χ0v) is 14.3. The van der Waals surface area contributed by atoms with Gasteiger partial charge in [-0.3, -0.25) is 4.99 Å². The summed E-state index contributed by atoms with van der Waals surface area (Å²) in [5.74, 6) is 1.91. The molecule has 2 aliphatic rings. The van der Waals surface area contributed by atoms with Crippen molar-refractivity contribution < 1.29 is 9.15 Å². The molecule has 5 heteroatoms. The lowest BCUT2D eigenvalue weighted by Crippen LogP contribution is -2.68. The minimum atomic E-state index is 0.354. The van der Waals surface area contributed by atoms with Crippen molar-refractivity contribution in [3.05, 3.63) is 24.2 Å². The van der Waals surface area contributed by atoms with Crippen molar-refractivity contribution in [2.75, 3.05) is 19.7 Å². The molecule has 0 radical (unpaired) electrons. The standard InChI is InChI=1S/C18H29N3O2/c1-3-19-17(20-11-8-14-7-5-12-23-14)21-15-13-16(22-4-2)18(15)9-6-10-18/h5,7,12,15-16H,3-4,6,8-11,13H2,1-2H3,(H2,19,20,21). The number of hydrogen-bond acceptors (Lipinski definition) is 3. The van der Waals surface area contributed by atoms with Crippen molar-refractivity contribution in [3.8, 4) is 0 Å². The average molecular weight is 319 g/mol. The van der Waals surface area contributed by atoms with Gasteiger partial charge in [0, 0.05) is 37.6 Å². The fourth-order valence-electron chi connectivity index (χ4n) is 3.86. The zero-order valence-electron chi connectivity index (χ0n) is 14.3. The van der Waals surface area contributed by atoms with Crippen molar-refractivity contribution in [1.82, 2.24) is 10.6 Å². The van der Waals surface area contributed by atoms with Gasteiger partial charge in [-0.25, -0.2) is 0 Å². The highest BCUT2D eigenvalue weighted by Gasteiger charge is 2.59. The Balaban J connectivity index is 1.54. The fraction of sp³-hybridized carbons (Fsp3) is 0.722. The van der Waals surface area contributed by atoms with Crippen LogP contribution in [0.3, 0.4) is 0 Å². The van der Waals surface area contributed by atoms with Crippen LogP contribution < -0.4 is 10.6 Å². The third-order valence-electron chi connectivity index (χ3n) is 5.30. The van der Waals surface area contributed by atoms with E-state index in [0.717, 1.165) is 44.3 Å². The maximum absolute atomic E-state index is 5.92. The van der Waals surface area contributed by atoms with Crippen molar-refractivity contribution in [1.29, 1.82) is 0 Å². The summed E-state index contributed by atoms with van der Waals surface area (Å²) in [6.45, 7) is 6.62. The topological polar surface area (TPSA) is 58.8 Å². The number of aliphatic imine (C=N–C) groups is 1. The Labute approximate surface area is 138 Å². The van der Waals surface area contributed by atoms with Gasteiger partial charge in [0.1, 0.15) is 5.76 Å². The zero-order chi connectivity index (χ0) is 16.1. The first-order valence-corrected chi connectivity index (χ1v) is 8.97. The van der Waals surface area contributed by atoms with Crippen LogP contribution in [0.25, 0.3) is 0 Å². The molecule has 1 spiro atoms. The van der Waals surface area contributed by atoms with E-state index in [0.29, 0.717) is 17.6 Å². The lowest BCUT2D eigenvalue weighted by Gasteiger charge is -2.61. The van der Waals surface area contributed by atoms with E-state index >= 15 is 0 Å². The number of ether oxygens (including phenoxy) is 1. The summed E-state index contributed by atoms with van der Waals surface area (Å²) >= 11 is 0. The van der Waals surface area contributed by atoms with E-state index in [1.165, 1.54) is 19.3 Å². The number of nitrogens with zero attached hydrogens (tertiary/aromatic N) is 1. The molecule has 0 bridgehead atoms. The Kier molecular flexibility index (Phi) is 5.26. The van der Waals surface area contributed by atoms with Gasteiger partial charge < -0.3 is 19.8 Å². The number of furan rings is 1. The molecule has 0 aliphatic heterocycles. The molecule has 2 unspecified atom stereocenters. The van der Waals surface area contributed by atoms with Crippen LogP contribution in [0.2, 0.25) is 0 Å². The summed E-state index contributed by atoms with van der Waals surface area (Å²) in [6.07, 6.45) is 7.96. The van der Waals surface area contributed by atoms with Gasteiger partial charge in [-0.2, -0.15) is 0 Å². The molecule has 2 aliphatic carbocycles. The fourth-order valence-corrected chi connectivity index (χ4v) is 3.86. The molecule has 23 heavy (non-hydrogen) atoms. The summed E-state index contributed by atoms with van der Waals surface area (Å²) in [7, 11) is 0. The van der Waals surface area contributed by atoms with Crippen LogP contribution in [0.5, 0.6) is 0 Å². The average Bonchev–Trinajstić information content (AvgIpc) is 2.97. The first-order valence-electron chi connectivity index (χ1n) is 8.97. The molecule has 1 aromatic rings. The maximum Gasteiger partial charge on any atom is 0.191 e. The molecule has 0 amide bonds. The number of nitrogens with one attached hydrogen (secondary N) is 2. The van der Waals surface area contributed by atoms with Gasteiger partial charge in [0.05, 0.1) is 12.4 Å². The van der Waals surface area contributed by atoms with Crippen molar-refractivity contribution in [3.63, 3.8) is 0 Å². The lowest BCUT2D eigenvalue weighted by atomic mass is 9.51. The first-order chi connectivity index (χ1) is 11.3. The predicted octanol–water partition coefficient (Wildman–Crippen LogP) is 2.72. The van der Waals surface area contributed by atoms with Crippen molar-refractivity contribution in [2.24, 2.45) is 10.4 Å². The highest BCUT2D eigenvalue weighted by atomic mass is 16.5. The summed E-state index contributed by atoms with van der Waals surface area (Å²) in [5, 5.41) is 7.01. The second kappa shape index (κ2) is 7.39. The summed E-state index contributed by atoms with van der Waals surface area (Å²) < 4.78 is 11.3. The summed E-state index contributed by atoms with van der Waals surface area (Å²) in [5.41, 5.74) is 0.354. The van der Waals surface area contributed by atoms with E-state index in [-0.39, 0.29) is 0 Å². The number of hydrogen-bond donors (Lipinski definition) is 2. The third kappa shape index (κ3) is 3.39. The third-order valence-corrected chi connectivity index (χ3v) is 5.30. The van der Waals surface area contributed by atoms with Gasteiger partial charge >= 0.3 is 0 Å². The Hall–Kier alpha value is -1.49. The van der Waals surface area contributed by atoms with Gasteiger partial charge in [-0.15, -0.1) is 0 Å². The highest BCUT2D eigenvalue weighted by Crippen LogP contribution is 2.57. The molecule has 0 saturated heterocycles. The van der Waals surface area contributed by atoms with Gasteiger partial charge in [0.15, 0.2) is 5.96 Å². The molecule has 128 valence electrons. The van der Waals surface area contributed by atoms with Crippen LogP contribution >= 0.6 is 0 Å². The van der Waals surface area contributed by atoms with E-state index in [2.05, 4.69) is 24.5 Å². The quantitative estimate of drug-likeness (QED) is 0.599. The van der Waals surface area contributed by atoms with Crippen LogP contribution in [-0.2, 0) is 11.2 Å². The van der Waals surface area contributed by atoms with Gasteiger partial charge in [-0.05, 0) is 45.2 Å². The van der Waals surface area contributed by atoms with Crippen LogP contribution in [0.1, 0.15) is 45.3 Å². The first kappa shape index (κ1) is 16.4. The molecular formula is C18H29N3O2. The van der Waals surface area contributed by atoms with Crippen LogP contribution in [-0.4, -0.2) is 37.8 Å². The number of guanidine groups is 1. The van der Waals surface area contributed by atoms with E-state index in [9.17, 15) is 0 Å². The van der Waals surface area contributed by atoms with Crippen LogP contribution in [0.15, 0.2) is 27.8 Å². The molecule has 2 atom stereocenters. The van der Waals surface area contributed by atoms with Crippen LogP contribution in [0, 0.1) is 5.41 Å². The smallest absolute Gasteiger partial charge is 0.191 e. The lowest BCUT2D eigenvalue weighted by molar-refractivity contribution is -0.168. The molecule has 5 nitrogen and oxygen atoms in total. The SMILES string of the molecule is CCNC(=NCCc1ccco1)NC1CC(OCC)C12CCC2. The maximum atomic E-state index is 5.92. The van der Waals surface area contributed by atoms with Crippen LogP contribution in [0.4, 0.5) is 0 Å². The van der Waals surface area contributed by atoms with E-state index in [4.69, 9.17) is 14.1 Å². The normalized spacial score (nSPS) is 25.7. The Morgan fingerprint density at radius 1 is 1.43 bits per heavy atom. The molecule has 2 fully saturated rings. The van der Waals surface area contributed by atoms with E-state index in [1.807, 2.05) is 12.1 Å². The van der Waals surface area contributed by atoms with Gasteiger partial charge in [0.25, 0.3) is 0 Å². The largest absolute Gasteiger partial charge is 0.469 e. The Morgan fingerprint density at radius 3 is 2.91 bits per heavy atom. The molecule has 2 saturated carbocycles. The minimum absolute atomic E-state index is 0.354. The molecule has 3 rings (SSSR count). The van der Waals surface area contributed by atoms with Gasteiger partial charge in [-0.1, -0.05) is 6.42 Å². The van der Waals surface area contributed by atoms with Crippen molar-refractivity contribution >= 4 is 5.96 Å². The second-order valence-corrected chi connectivity index (χ2v) is 6.55. The van der Waals surface area contributed by atoms with Crippen molar-refractivity contribution in [2.45, 2.75) is 58.1 Å². The minimum Gasteiger partial charge on any atom is -0.469 e. The Bertz CT molecular complexity index is 508. The predicted molar refractivity (Wildman–Crippen MR) is 91.6 cm³/mol. The number of rotatable bonds is 7. The summed E-state index contributed by atoms with van der Waals surface area (Å²) in [6, 6.07) is 4.41. The molecule has 0 aromatic carbocycles.